The highest BCUT2D eigenvalue weighted by molar-refractivity contribution is 8.93. The molecule has 3 rings (SSSR count). The van der Waals surface area contributed by atoms with Gasteiger partial charge in [-0.1, -0.05) is 30.3 Å². The molecule has 2 aromatic carbocycles. The van der Waals surface area contributed by atoms with Gasteiger partial charge >= 0.3 is 0 Å². The summed E-state index contributed by atoms with van der Waals surface area (Å²) in [4.78, 5) is 13.9. The molecular weight excluding hydrogens is 441 g/mol. The van der Waals surface area contributed by atoms with Crippen LogP contribution in [0.25, 0.3) is 11.1 Å². The third-order valence-electron chi connectivity index (χ3n) is 4.13. The van der Waals surface area contributed by atoms with E-state index in [1.807, 2.05) is 38.1 Å². The molecule has 0 saturated heterocycles. The Morgan fingerprint density at radius 1 is 1.03 bits per heavy atom. The molecule has 0 unspecified atom stereocenters. The number of halogens is 2. The molecule has 0 fully saturated rings. The van der Waals surface area contributed by atoms with Gasteiger partial charge in [-0.25, -0.2) is 9.38 Å². The molecule has 0 aromatic heterocycles. The molecular formula is C20H25BrFN5O2. The van der Waals surface area contributed by atoms with E-state index in [-0.39, 0.29) is 34.7 Å². The average Bonchev–Trinajstić information content (AvgIpc) is 2.64. The van der Waals surface area contributed by atoms with Crippen LogP contribution in [0.15, 0.2) is 58.5 Å². The molecule has 2 aromatic rings. The summed E-state index contributed by atoms with van der Waals surface area (Å²) in [5, 5.41) is 1.44. The maximum Gasteiger partial charge on any atom is 0.226 e. The third kappa shape index (κ3) is 5.68. The molecule has 1 aliphatic rings. The quantitative estimate of drug-likeness (QED) is 0.610. The highest BCUT2D eigenvalue weighted by atomic mass is 79.9. The number of aliphatic imine (C=N–C) groups is 2. The van der Waals surface area contributed by atoms with Crippen molar-refractivity contribution in [1.82, 2.24) is 5.06 Å². The number of hydrogen-bond donors (Lipinski definition) is 2. The minimum absolute atomic E-state index is 0. The highest BCUT2D eigenvalue weighted by Gasteiger charge is 2.32. The number of nitrogens with two attached hydrogens (primary N) is 2. The highest BCUT2D eigenvalue weighted by Crippen LogP contribution is 2.30. The number of benzene rings is 2. The number of rotatable bonds is 7. The normalized spacial score (nSPS) is 15.2. The first kappa shape index (κ1) is 22.6. The van der Waals surface area contributed by atoms with Gasteiger partial charge in [0, 0.05) is 12.0 Å². The predicted octanol–water partition coefficient (Wildman–Crippen LogP) is 3.45. The van der Waals surface area contributed by atoms with Gasteiger partial charge in [-0.3, -0.25) is 4.84 Å². The van der Waals surface area contributed by atoms with Gasteiger partial charge in [0.15, 0.2) is 5.66 Å². The van der Waals surface area contributed by atoms with Gasteiger partial charge in [-0.05, 0) is 37.6 Å². The monoisotopic (exact) mass is 465 g/mol. The second-order valence-electron chi connectivity index (χ2n) is 6.77. The van der Waals surface area contributed by atoms with Crippen LogP contribution in [-0.4, -0.2) is 35.9 Å². The van der Waals surface area contributed by atoms with Crippen molar-refractivity contribution in [2.45, 2.75) is 25.9 Å². The number of guanidine groups is 2. The van der Waals surface area contributed by atoms with Crippen LogP contribution in [-0.2, 0) is 4.84 Å². The van der Waals surface area contributed by atoms with Crippen molar-refractivity contribution in [2.24, 2.45) is 21.5 Å². The van der Waals surface area contributed by atoms with Crippen molar-refractivity contribution in [3.8, 4) is 16.9 Å². The fraction of sp³-hybridized carbons (Fsp3) is 0.300. The number of para-hydroxylation sites is 1. The first-order chi connectivity index (χ1) is 13.4. The zero-order valence-corrected chi connectivity index (χ0v) is 18.1. The maximum atomic E-state index is 13.2. The summed E-state index contributed by atoms with van der Waals surface area (Å²) in [6.45, 7) is 4.47. The number of hydroxylamine groups is 2. The Hall–Kier alpha value is -2.65. The molecule has 0 atom stereocenters. The van der Waals surface area contributed by atoms with Crippen molar-refractivity contribution in [3.63, 3.8) is 0 Å². The van der Waals surface area contributed by atoms with Crippen molar-refractivity contribution >= 4 is 28.9 Å². The van der Waals surface area contributed by atoms with E-state index < -0.39 is 5.66 Å². The number of hydrogen-bond acceptors (Lipinski definition) is 7. The summed E-state index contributed by atoms with van der Waals surface area (Å²) >= 11 is 0. The van der Waals surface area contributed by atoms with Crippen LogP contribution >= 0.6 is 17.0 Å². The topological polar surface area (TPSA) is 98.5 Å². The first-order valence-corrected chi connectivity index (χ1v) is 8.97. The zero-order valence-electron chi connectivity index (χ0n) is 16.3. The van der Waals surface area contributed by atoms with E-state index in [1.54, 1.807) is 12.1 Å². The molecule has 0 spiro atoms. The molecule has 156 valence electrons. The van der Waals surface area contributed by atoms with Crippen LogP contribution in [0.4, 0.5) is 4.39 Å². The van der Waals surface area contributed by atoms with Gasteiger partial charge in [0.05, 0.1) is 13.2 Å². The minimum Gasteiger partial charge on any atom is -0.493 e. The van der Waals surface area contributed by atoms with Gasteiger partial charge in [-0.2, -0.15) is 10.1 Å². The lowest BCUT2D eigenvalue weighted by atomic mass is 10.0. The van der Waals surface area contributed by atoms with Gasteiger partial charge < -0.3 is 16.2 Å². The molecule has 1 heterocycles. The van der Waals surface area contributed by atoms with Gasteiger partial charge in [-0.15, -0.1) is 17.0 Å². The maximum absolute atomic E-state index is 13.2. The molecule has 0 aliphatic carbocycles. The van der Waals surface area contributed by atoms with Crippen LogP contribution in [0.1, 0.15) is 20.3 Å². The van der Waals surface area contributed by atoms with Crippen molar-refractivity contribution in [1.29, 1.82) is 0 Å². The zero-order chi connectivity index (χ0) is 20.1. The molecule has 0 saturated carbocycles. The lowest BCUT2D eigenvalue weighted by Gasteiger charge is -2.36. The number of ether oxygens (including phenoxy) is 1. The van der Waals surface area contributed by atoms with Crippen molar-refractivity contribution in [2.75, 3.05) is 13.2 Å². The Morgan fingerprint density at radius 3 is 2.41 bits per heavy atom. The van der Waals surface area contributed by atoms with Crippen LogP contribution in [0.3, 0.4) is 0 Å². The summed E-state index contributed by atoms with van der Waals surface area (Å²) < 4.78 is 19.1. The summed E-state index contributed by atoms with van der Waals surface area (Å²) in [5.41, 5.74) is 12.6. The molecule has 0 bridgehead atoms. The van der Waals surface area contributed by atoms with Crippen LogP contribution in [0, 0.1) is 5.82 Å². The van der Waals surface area contributed by atoms with E-state index in [2.05, 4.69) is 9.98 Å². The van der Waals surface area contributed by atoms with Gasteiger partial charge in [0.2, 0.25) is 11.9 Å². The summed E-state index contributed by atoms with van der Waals surface area (Å²) in [6, 6.07) is 14.0. The standard InChI is InChI=1S/C20H24FN5O2.BrH/c1-20(2)25-18(22)24-19(23)26(20)28-13-5-12-27-17-7-4-3-6-16(17)14-8-10-15(21)11-9-14;/h3-4,6-11H,5,12-13H2,1-2H3,(H4,22,23,24,25);1H. The van der Waals surface area contributed by atoms with E-state index in [9.17, 15) is 4.39 Å². The lowest BCUT2D eigenvalue weighted by Crippen LogP contribution is -2.53. The van der Waals surface area contributed by atoms with Crippen LogP contribution in [0.5, 0.6) is 5.75 Å². The molecule has 29 heavy (non-hydrogen) atoms. The predicted molar refractivity (Wildman–Crippen MR) is 117 cm³/mol. The fourth-order valence-corrected chi connectivity index (χ4v) is 2.88. The molecule has 0 amide bonds. The Bertz CT molecular complexity index is 887. The fourth-order valence-electron chi connectivity index (χ4n) is 2.88. The van der Waals surface area contributed by atoms with Gasteiger partial charge in [0.25, 0.3) is 0 Å². The molecule has 7 nitrogen and oxygen atoms in total. The molecule has 0 radical (unpaired) electrons. The SMILES string of the molecule is Br.CC1(C)N=C(N)N=C(N)N1OCCCOc1ccccc1-c1ccc(F)cc1. The number of nitrogens with zero attached hydrogens (tertiary/aromatic N) is 3. The second-order valence-corrected chi connectivity index (χ2v) is 6.77. The third-order valence-corrected chi connectivity index (χ3v) is 4.13. The van der Waals surface area contributed by atoms with E-state index in [4.69, 9.17) is 21.0 Å². The van der Waals surface area contributed by atoms with Crippen LogP contribution < -0.4 is 16.2 Å². The molecule has 4 N–H and O–H groups in total. The minimum atomic E-state index is -0.730. The summed E-state index contributed by atoms with van der Waals surface area (Å²) in [5.74, 6) is 0.753. The largest absolute Gasteiger partial charge is 0.493 e. The Balaban J connectivity index is 0.00000300. The van der Waals surface area contributed by atoms with E-state index in [0.29, 0.717) is 19.6 Å². The van der Waals surface area contributed by atoms with Crippen LogP contribution in [0.2, 0.25) is 0 Å². The summed E-state index contributed by atoms with van der Waals surface area (Å²) in [7, 11) is 0. The van der Waals surface area contributed by atoms with Gasteiger partial charge in [0.1, 0.15) is 11.6 Å². The lowest BCUT2D eigenvalue weighted by molar-refractivity contribution is -0.158. The van der Waals surface area contributed by atoms with E-state index in [1.165, 1.54) is 17.2 Å². The summed E-state index contributed by atoms with van der Waals surface area (Å²) in [6.07, 6.45) is 0.622. The smallest absolute Gasteiger partial charge is 0.226 e. The van der Waals surface area contributed by atoms with Crippen molar-refractivity contribution < 1.29 is 14.0 Å². The molecule has 9 heteroatoms. The van der Waals surface area contributed by atoms with E-state index >= 15 is 0 Å². The Morgan fingerprint density at radius 2 is 1.72 bits per heavy atom. The average molecular weight is 466 g/mol. The Kier molecular flexibility index (Phi) is 7.58. The Labute approximate surface area is 179 Å². The second kappa shape index (κ2) is 9.71. The molecule has 1 aliphatic heterocycles. The first-order valence-electron chi connectivity index (χ1n) is 8.97. The van der Waals surface area contributed by atoms with Crippen molar-refractivity contribution in [3.05, 3.63) is 54.3 Å². The van der Waals surface area contributed by atoms with E-state index in [0.717, 1.165) is 16.9 Å².